The molecule has 0 saturated carbocycles. The molecule has 0 bridgehead atoms. The fourth-order valence-electron chi connectivity index (χ4n) is 2.07. The van der Waals surface area contributed by atoms with E-state index in [1.807, 2.05) is 4.68 Å². The highest BCUT2D eigenvalue weighted by molar-refractivity contribution is 5.72. The molecule has 1 N–H and O–H groups in total. The van der Waals surface area contributed by atoms with Crippen LogP contribution in [0.3, 0.4) is 0 Å². The van der Waals surface area contributed by atoms with Crippen molar-refractivity contribution in [2.24, 2.45) is 0 Å². The van der Waals surface area contributed by atoms with Gasteiger partial charge in [0.25, 0.3) is 5.56 Å². The first-order valence-corrected chi connectivity index (χ1v) is 5.35. The highest BCUT2D eigenvalue weighted by atomic mass is 16.5. The van der Waals surface area contributed by atoms with E-state index in [-0.39, 0.29) is 5.56 Å². The van der Waals surface area contributed by atoms with Crippen molar-refractivity contribution in [3.63, 3.8) is 0 Å². The van der Waals surface area contributed by atoms with Crippen LogP contribution in [0.5, 0.6) is 0 Å². The lowest BCUT2D eigenvalue weighted by atomic mass is 10.1. The molecule has 2 aromatic heterocycles. The van der Waals surface area contributed by atoms with E-state index >= 15 is 0 Å². The van der Waals surface area contributed by atoms with Crippen molar-refractivity contribution in [3.05, 3.63) is 22.9 Å². The molecular formula is C10H12N4O2. The number of rotatable bonds is 1. The zero-order valence-electron chi connectivity index (χ0n) is 8.72. The van der Waals surface area contributed by atoms with E-state index in [2.05, 4.69) is 15.1 Å². The molecule has 0 aromatic carbocycles. The van der Waals surface area contributed by atoms with Gasteiger partial charge in [-0.05, 0) is 12.8 Å². The Morgan fingerprint density at radius 3 is 3.06 bits per heavy atom. The molecule has 1 saturated heterocycles. The van der Waals surface area contributed by atoms with Crippen molar-refractivity contribution in [2.45, 2.75) is 18.9 Å². The molecule has 1 fully saturated rings. The minimum atomic E-state index is -0.136. The van der Waals surface area contributed by atoms with Gasteiger partial charge in [-0.3, -0.25) is 4.79 Å². The topological polar surface area (TPSA) is 72.8 Å². The fraction of sp³-hybridized carbons (Fsp3) is 0.500. The standard InChI is InChI=1S/C10H12N4O2/c15-10-8-5-13-14(9(8)11-6-12-10)7-1-3-16-4-2-7/h5-7H,1-4H2,(H,11,12,15). The third-order valence-electron chi connectivity index (χ3n) is 2.93. The lowest BCUT2D eigenvalue weighted by Crippen LogP contribution is -2.21. The van der Waals surface area contributed by atoms with E-state index in [4.69, 9.17) is 4.74 Å². The number of hydrogen-bond acceptors (Lipinski definition) is 4. The lowest BCUT2D eigenvalue weighted by Gasteiger charge is -2.22. The first-order chi connectivity index (χ1) is 7.86. The summed E-state index contributed by atoms with van der Waals surface area (Å²) in [7, 11) is 0. The van der Waals surface area contributed by atoms with Gasteiger partial charge in [0, 0.05) is 13.2 Å². The molecule has 0 spiro atoms. The van der Waals surface area contributed by atoms with Gasteiger partial charge >= 0.3 is 0 Å². The Morgan fingerprint density at radius 2 is 2.25 bits per heavy atom. The SMILES string of the molecule is O=c1[nH]cnc2c1cnn2C1CCOCC1. The van der Waals surface area contributed by atoms with E-state index in [9.17, 15) is 4.79 Å². The van der Waals surface area contributed by atoms with Crippen LogP contribution in [0.15, 0.2) is 17.3 Å². The molecule has 6 heteroatoms. The first-order valence-electron chi connectivity index (χ1n) is 5.35. The van der Waals surface area contributed by atoms with Crippen LogP contribution in [0.2, 0.25) is 0 Å². The third-order valence-corrected chi connectivity index (χ3v) is 2.93. The Kier molecular flexibility index (Phi) is 2.21. The number of ether oxygens (including phenoxy) is 1. The van der Waals surface area contributed by atoms with E-state index in [1.54, 1.807) is 6.20 Å². The van der Waals surface area contributed by atoms with Crippen molar-refractivity contribution >= 4 is 11.0 Å². The van der Waals surface area contributed by atoms with Crippen LogP contribution in [0.25, 0.3) is 11.0 Å². The summed E-state index contributed by atoms with van der Waals surface area (Å²) in [5, 5.41) is 4.81. The number of fused-ring (bicyclic) bond motifs is 1. The Bertz CT molecular complexity index is 553. The van der Waals surface area contributed by atoms with Gasteiger partial charge in [0.1, 0.15) is 5.39 Å². The molecule has 0 atom stereocenters. The van der Waals surface area contributed by atoms with Gasteiger partial charge in [-0.15, -0.1) is 0 Å². The fourth-order valence-corrected chi connectivity index (χ4v) is 2.07. The van der Waals surface area contributed by atoms with Gasteiger partial charge in [0.2, 0.25) is 0 Å². The summed E-state index contributed by atoms with van der Waals surface area (Å²) in [5.41, 5.74) is 0.527. The smallest absolute Gasteiger partial charge is 0.261 e. The monoisotopic (exact) mass is 220 g/mol. The van der Waals surface area contributed by atoms with Gasteiger partial charge in [-0.25, -0.2) is 9.67 Å². The highest BCUT2D eigenvalue weighted by Gasteiger charge is 2.19. The van der Waals surface area contributed by atoms with Crippen LogP contribution >= 0.6 is 0 Å². The number of aromatic nitrogens is 4. The minimum Gasteiger partial charge on any atom is -0.381 e. The van der Waals surface area contributed by atoms with Crippen LogP contribution in [0.1, 0.15) is 18.9 Å². The maximum atomic E-state index is 11.5. The summed E-state index contributed by atoms with van der Waals surface area (Å²) in [6.07, 6.45) is 4.84. The third kappa shape index (κ3) is 1.42. The molecule has 3 heterocycles. The average Bonchev–Trinajstić information content (AvgIpc) is 2.75. The summed E-state index contributed by atoms with van der Waals surface area (Å²) in [5.74, 6) is 0. The average molecular weight is 220 g/mol. The Morgan fingerprint density at radius 1 is 1.44 bits per heavy atom. The van der Waals surface area contributed by atoms with Crippen LogP contribution < -0.4 is 5.56 Å². The van der Waals surface area contributed by atoms with Gasteiger partial charge < -0.3 is 9.72 Å². The predicted octanol–water partition coefficient (Wildman–Crippen LogP) is 0.471. The van der Waals surface area contributed by atoms with Crippen molar-refractivity contribution < 1.29 is 4.74 Å². The minimum absolute atomic E-state index is 0.136. The normalized spacial score (nSPS) is 18.0. The molecule has 1 aliphatic heterocycles. The molecule has 2 aromatic rings. The molecule has 0 aliphatic carbocycles. The number of nitrogens with zero attached hydrogens (tertiary/aromatic N) is 3. The summed E-state index contributed by atoms with van der Waals surface area (Å²) in [6.45, 7) is 1.49. The Labute approximate surface area is 91.3 Å². The second-order valence-corrected chi connectivity index (χ2v) is 3.90. The van der Waals surface area contributed by atoms with E-state index in [1.165, 1.54) is 6.33 Å². The van der Waals surface area contributed by atoms with E-state index in [0.29, 0.717) is 17.1 Å². The van der Waals surface area contributed by atoms with Crippen LogP contribution in [0, 0.1) is 0 Å². The Balaban J connectivity index is 2.10. The van der Waals surface area contributed by atoms with Crippen molar-refractivity contribution in [3.8, 4) is 0 Å². The summed E-state index contributed by atoms with van der Waals surface area (Å²) < 4.78 is 7.14. The summed E-state index contributed by atoms with van der Waals surface area (Å²) in [6, 6.07) is 0.292. The van der Waals surface area contributed by atoms with Gasteiger partial charge in [0.15, 0.2) is 5.65 Å². The first kappa shape index (κ1) is 9.53. The molecule has 84 valence electrons. The van der Waals surface area contributed by atoms with E-state index in [0.717, 1.165) is 26.1 Å². The molecule has 0 radical (unpaired) electrons. The van der Waals surface area contributed by atoms with Crippen molar-refractivity contribution in [2.75, 3.05) is 13.2 Å². The maximum Gasteiger partial charge on any atom is 0.261 e. The number of aromatic amines is 1. The van der Waals surface area contributed by atoms with Crippen molar-refractivity contribution in [1.29, 1.82) is 0 Å². The summed E-state index contributed by atoms with van der Waals surface area (Å²) in [4.78, 5) is 18.2. The predicted molar refractivity (Wildman–Crippen MR) is 57.2 cm³/mol. The number of H-pyrrole nitrogens is 1. The number of nitrogens with one attached hydrogen (secondary N) is 1. The zero-order valence-corrected chi connectivity index (χ0v) is 8.72. The maximum absolute atomic E-state index is 11.5. The molecule has 1 aliphatic rings. The van der Waals surface area contributed by atoms with E-state index < -0.39 is 0 Å². The molecular weight excluding hydrogens is 208 g/mol. The van der Waals surface area contributed by atoms with Crippen LogP contribution in [-0.4, -0.2) is 33.0 Å². The van der Waals surface area contributed by atoms with Gasteiger partial charge in [-0.1, -0.05) is 0 Å². The van der Waals surface area contributed by atoms with Crippen molar-refractivity contribution in [1.82, 2.24) is 19.7 Å². The lowest BCUT2D eigenvalue weighted by molar-refractivity contribution is 0.0673. The van der Waals surface area contributed by atoms with Gasteiger partial charge in [0.05, 0.1) is 18.6 Å². The van der Waals surface area contributed by atoms with Gasteiger partial charge in [-0.2, -0.15) is 5.10 Å². The van der Waals surface area contributed by atoms with Crippen LogP contribution in [0.4, 0.5) is 0 Å². The quantitative estimate of drug-likeness (QED) is 0.758. The second kappa shape index (κ2) is 3.71. The summed E-state index contributed by atoms with van der Waals surface area (Å²) >= 11 is 0. The second-order valence-electron chi connectivity index (χ2n) is 3.90. The molecule has 6 nitrogen and oxygen atoms in total. The molecule has 16 heavy (non-hydrogen) atoms. The highest BCUT2D eigenvalue weighted by Crippen LogP contribution is 2.22. The van der Waals surface area contributed by atoms with Crippen LogP contribution in [-0.2, 0) is 4.74 Å². The zero-order chi connectivity index (χ0) is 11.0. The largest absolute Gasteiger partial charge is 0.381 e. The number of hydrogen-bond donors (Lipinski definition) is 1. The Hall–Kier alpha value is -1.69. The molecule has 0 amide bonds. The molecule has 3 rings (SSSR count). The molecule has 0 unspecified atom stereocenters.